The molecule has 2 heterocycles. The van der Waals surface area contributed by atoms with Gasteiger partial charge in [-0.05, 0) is 48.6 Å². The number of hydrogen-bond acceptors (Lipinski definition) is 6. The summed E-state index contributed by atoms with van der Waals surface area (Å²) in [5.41, 5.74) is 0.767. The van der Waals surface area contributed by atoms with Gasteiger partial charge in [0.25, 0.3) is 5.56 Å². The molecule has 5 rings (SSSR count). The van der Waals surface area contributed by atoms with E-state index >= 15 is 0 Å². The van der Waals surface area contributed by atoms with Crippen LogP contribution in [0.2, 0.25) is 10.0 Å². The molecule has 1 fully saturated rings. The van der Waals surface area contributed by atoms with Crippen LogP contribution in [0.25, 0.3) is 10.9 Å². The first-order valence-corrected chi connectivity index (χ1v) is 12.9. The van der Waals surface area contributed by atoms with Crippen LogP contribution in [-0.2, 0) is 11.2 Å². The Morgan fingerprint density at radius 3 is 2.67 bits per heavy atom. The number of aromatic nitrogens is 2. The monoisotopic (exact) mass is 574 g/mol. The van der Waals surface area contributed by atoms with Crippen LogP contribution < -0.4 is 15.0 Å². The molecular weight excluding hydrogens is 553 g/mol. The summed E-state index contributed by atoms with van der Waals surface area (Å²) in [4.78, 5) is 32.4. The lowest BCUT2D eigenvalue weighted by atomic mass is 10.0. The molecule has 202 valence electrons. The van der Waals surface area contributed by atoms with Gasteiger partial charge in [-0.15, -0.1) is 0 Å². The Hall–Kier alpha value is -3.69. The fraction of sp³-hybridized carbons (Fsp3) is 0.250. The van der Waals surface area contributed by atoms with Crippen molar-refractivity contribution in [2.75, 3.05) is 6.61 Å². The quantitative estimate of drug-likeness (QED) is 0.210. The molecule has 1 N–H and O–H groups in total. The Labute approximate surface area is 231 Å². The first kappa shape index (κ1) is 26.9. The molecule has 1 aliphatic carbocycles. The maximum absolute atomic E-state index is 13.4. The predicted molar refractivity (Wildman–Crippen MR) is 142 cm³/mol. The minimum atomic E-state index is -3.06. The van der Waals surface area contributed by atoms with Gasteiger partial charge in [0.05, 0.1) is 22.7 Å². The molecule has 2 aromatic heterocycles. The number of esters is 1. The smallest absolute Gasteiger partial charge is 0.387 e. The number of pyridine rings is 2. The third-order valence-corrected chi connectivity index (χ3v) is 7.04. The maximum Gasteiger partial charge on any atom is 0.387 e. The van der Waals surface area contributed by atoms with Gasteiger partial charge >= 0.3 is 12.6 Å². The number of fused-ring (bicyclic) bond motifs is 1. The zero-order valence-corrected chi connectivity index (χ0v) is 21.8. The highest BCUT2D eigenvalue weighted by atomic mass is 35.5. The van der Waals surface area contributed by atoms with Crippen molar-refractivity contribution in [2.45, 2.75) is 32.0 Å². The Bertz CT molecular complexity index is 1570. The largest absolute Gasteiger partial charge is 0.489 e. The number of nitrogens with zero attached hydrogens (tertiary/aromatic N) is 1. The second kappa shape index (κ2) is 11.6. The summed E-state index contributed by atoms with van der Waals surface area (Å²) in [6, 6.07) is 13.0. The van der Waals surface area contributed by atoms with Crippen molar-refractivity contribution in [3.05, 3.63) is 98.0 Å². The van der Waals surface area contributed by atoms with E-state index in [0.29, 0.717) is 23.6 Å². The Morgan fingerprint density at radius 1 is 1.10 bits per heavy atom. The van der Waals surface area contributed by atoms with Crippen LogP contribution in [-0.4, -0.2) is 29.2 Å². The SMILES string of the molecule is O=C(OC(Cc1c(Cl)c[nH]c(=O)c1Cl)c1ccc(OC(F)F)c(OCC2CC2)c1)c1cccc2cccnc12. The molecule has 0 amide bonds. The minimum absolute atomic E-state index is 0.0793. The summed E-state index contributed by atoms with van der Waals surface area (Å²) >= 11 is 12.6. The molecule has 0 spiro atoms. The van der Waals surface area contributed by atoms with E-state index in [0.717, 1.165) is 18.2 Å². The molecule has 0 bridgehead atoms. The highest BCUT2D eigenvalue weighted by Crippen LogP contribution is 2.38. The van der Waals surface area contributed by atoms with Gasteiger partial charge in [0.1, 0.15) is 11.1 Å². The summed E-state index contributed by atoms with van der Waals surface area (Å²) < 4.78 is 42.5. The van der Waals surface area contributed by atoms with E-state index in [-0.39, 0.29) is 39.1 Å². The zero-order chi connectivity index (χ0) is 27.5. The summed E-state index contributed by atoms with van der Waals surface area (Å²) in [6.45, 7) is -2.72. The molecule has 11 heteroatoms. The van der Waals surface area contributed by atoms with Crippen LogP contribution in [0.15, 0.2) is 65.7 Å². The molecular formula is C28H22Cl2F2N2O5. The van der Waals surface area contributed by atoms with Crippen LogP contribution >= 0.6 is 23.2 Å². The van der Waals surface area contributed by atoms with Crippen molar-refractivity contribution < 1.29 is 27.8 Å². The Kier molecular flexibility index (Phi) is 7.99. The minimum Gasteiger partial charge on any atom is -0.489 e. The number of para-hydroxylation sites is 1. The normalized spacial score (nSPS) is 13.9. The van der Waals surface area contributed by atoms with Gasteiger partial charge < -0.3 is 19.2 Å². The lowest BCUT2D eigenvalue weighted by molar-refractivity contribution is -0.0515. The van der Waals surface area contributed by atoms with E-state index in [1.54, 1.807) is 24.4 Å². The molecule has 1 aliphatic rings. The summed E-state index contributed by atoms with van der Waals surface area (Å²) in [7, 11) is 0. The lowest BCUT2D eigenvalue weighted by Crippen LogP contribution is -2.17. The predicted octanol–water partition coefficient (Wildman–Crippen LogP) is 6.76. The van der Waals surface area contributed by atoms with Crippen molar-refractivity contribution >= 4 is 40.1 Å². The Balaban J connectivity index is 1.54. The third kappa shape index (κ3) is 6.32. The van der Waals surface area contributed by atoms with Crippen LogP contribution in [0, 0.1) is 5.92 Å². The maximum atomic E-state index is 13.4. The molecule has 0 aliphatic heterocycles. The van der Waals surface area contributed by atoms with E-state index in [4.69, 9.17) is 32.7 Å². The first-order valence-electron chi connectivity index (χ1n) is 12.1. The zero-order valence-electron chi connectivity index (χ0n) is 20.3. The van der Waals surface area contributed by atoms with Gasteiger partial charge in [-0.3, -0.25) is 9.78 Å². The van der Waals surface area contributed by atoms with Gasteiger partial charge in [-0.2, -0.15) is 8.78 Å². The average Bonchev–Trinajstić information content (AvgIpc) is 3.76. The second-order valence-electron chi connectivity index (χ2n) is 9.08. The Morgan fingerprint density at radius 2 is 1.90 bits per heavy atom. The van der Waals surface area contributed by atoms with Gasteiger partial charge in [0.2, 0.25) is 0 Å². The number of ether oxygens (including phenoxy) is 3. The summed E-state index contributed by atoms with van der Waals surface area (Å²) in [6.07, 6.45) is 3.73. The van der Waals surface area contributed by atoms with Crippen molar-refractivity contribution in [3.63, 3.8) is 0 Å². The van der Waals surface area contributed by atoms with Crippen LogP contribution in [0.5, 0.6) is 11.5 Å². The molecule has 0 saturated heterocycles. The standard InChI is InChI=1S/C28H22Cl2F2N2O5/c29-20-13-34-26(35)24(30)19(20)12-22(38-27(36)18-5-1-3-16-4-2-10-33-25(16)18)17-8-9-21(39-28(31)32)23(11-17)37-14-15-6-7-15/h1-5,8-11,13,15,22,28H,6-7,12,14H2,(H,34,35). The first-order chi connectivity index (χ1) is 18.8. The molecule has 1 unspecified atom stereocenters. The number of hydrogen-bond donors (Lipinski definition) is 1. The van der Waals surface area contributed by atoms with E-state index < -0.39 is 24.2 Å². The lowest BCUT2D eigenvalue weighted by Gasteiger charge is -2.22. The number of benzene rings is 2. The van der Waals surface area contributed by atoms with E-state index in [2.05, 4.69) is 14.7 Å². The second-order valence-corrected chi connectivity index (χ2v) is 9.86. The number of alkyl halides is 2. The topological polar surface area (TPSA) is 90.5 Å². The third-order valence-electron chi connectivity index (χ3n) is 6.30. The van der Waals surface area contributed by atoms with Crippen molar-refractivity contribution in [3.8, 4) is 11.5 Å². The average molecular weight is 575 g/mol. The fourth-order valence-corrected chi connectivity index (χ4v) is 4.61. The van der Waals surface area contributed by atoms with Gasteiger partial charge in [0, 0.05) is 29.8 Å². The summed E-state index contributed by atoms with van der Waals surface area (Å²) in [5.74, 6) is -0.412. The van der Waals surface area contributed by atoms with Crippen LogP contribution in [0.3, 0.4) is 0 Å². The molecule has 2 aromatic carbocycles. The summed E-state index contributed by atoms with van der Waals surface area (Å²) in [5, 5.41) is 0.752. The highest BCUT2D eigenvalue weighted by molar-refractivity contribution is 6.35. The van der Waals surface area contributed by atoms with Crippen molar-refractivity contribution in [1.29, 1.82) is 0 Å². The van der Waals surface area contributed by atoms with Crippen LogP contribution in [0.4, 0.5) is 8.78 Å². The van der Waals surface area contributed by atoms with E-state index in [1.807, 2.05) is 12.1 Å². The number of carbonyl (C=O) groups excluding carboxylic acids is 1. The van der Waals surface area contributed by atoms with Crippen molar-refractivity contribution in [1.82, 2.24) is 9.97 Å². The van der Waals surface area contributed by atoms with E-state index in [9.17, 15) is 18.4 Å². The van der Waals surface area contributed by atoms with Crippen molar-refractivity contribution in [2.24, 2.45) is 5.92 Å². The van der Waals surface area contributed by atoms with Gasteiger partial charge in [-0.25, -0.2) is 4.79 Å². The number of rotatable bonds is 10. The highest BCUT2D eigenvalue weighted by Gasteiger charge is 2.27. The molecule has 4 aromatic rings. The number of aromatic amines is 1. The molecule has 1 atom stereocenters. The number of nitrogens with one attached hydrogen (secondary N) is 1. The van der Waals surface area contributed by atoms with Crippen LogP contribution in [0.1, 0.15) is 40.4 Å². The fourth-order valence-electron chi connectivity index (χ4n) is 4.11. The number of carbonyl (C=O) groups is 1. The molecule has 7 nitrogen and oxygen atoms in total. The number of halogens is 4. The molecule has 0 radical (unpaired) electrons. The molecule has 39 heavy (non-hydrogen) atoms. The number of H-pyrrole nitrogens is 1. The van der Waals surface area contributed by atoms with E-state index in [1.165, 1.54) is 24.4 Å². The van der Waals surface area contributed by atoms with Gasteiger partial charge in [-0.1, -0.05) is 47.5 Å². The van der Waals surface area contributed by atoms with Gasteiger partial charge in [0.15, 0.2) is 11.5 Å². The molecule has 1 saturated carbocycles.